The van der Waals surface area contributed by atoms with E-state index in [1.807, 2.05) is 22.9 Å². The second kappa shape index (κ2) is 8.75. The molecule has 1 heterocycles. The first kappa shape index (κ1) is 19.0. The molecule has 0 unspecified atom stereocenters. The lowest BCUT2D eigenvalue weighted by Gasteiger charge is -2.09. The molecule has 0 aliphatic heterocycles. The number of nitrogens with one attached hydrogen (secondary N) is 1. The summed E-state index contributed by atoms with van der Waals surface area (Å²) in [4.78, 5) is 28.1. The lowest BCUT2D eigenvalue weighted by atomic mass is 10.2. The summed E-state index contributed by atoms with van der Waals surface area (Å²) >= 11 is 7.23. The van der Waals surface area contributed by atoms with E-state index < -0.39 is 5.97 Å². The molecule has 0 aliphatic carbocycles. The Labute approximate surface area is 165 Å². The van der Waals surface area contributed by atoms with E-state index in [-0.39, 0.29) is 11.7 Å². The number of carbonyl (C=O) groups excluding carboxylic acids is 2. The van der Waals surface area contributed by atoms with Crippen molar-refractivity contribution in [1.29, 1.82) is 0 Å². The molecule has 0 atom stereocenters. The standard InChI is InChI=1S/C19H16ClN3O3S/c1-26-18(25)13-3-2-4-15(11-13)22-17(24)12-27-19-21-9-10-23(19)16-7-5-14(20)6-8-16/h2-11H,12H2,1H3,(H,22,24). The van der Waals surface area contributed by atoms with Crippen molar-refractivity contribution in [3.05, 3.63) is 71.5 Å². The van der Waals surface area contributed by atoms with Gasteiger partial charge in [-0.25, -0.2) is 9.78 Å². The highest BCUT2D eigenvalue weighted by molar-refractivity contribution is 7.99. The van der Waals surface area contributed by atoms with Crippen LogP contribution < -0.4 is 5.32 Å². The van der Waals surface area contributed by atoms with Crippen LogP contribution in [0, 0.1) is 0 Å². The maximum Gasteiger partial charge on any atom is 0.337 e. The molecule has 0 saturated heterocycles. The zero-order valence-corrected chi connectivity index (χ0v) is 16.0. The normalized spacial score (nSPS) is 10.4. The van der Waals surface area contributed by atoms with Crippen LogP contribution in [0.15, 0.2) is 66.1 Å². The number of halogens is 1. The van der Waals surface area contributed by atoms with E-state index in [2.05, 4.69) is 15.0 Å². The molecule has 8 heteroatoms. The number of carbonyl (C=O) groups is 2. The fraction of sp³-hybridized carbons (Fsp3) is 0.105. The summed E-state index contributed by atoms with van der Waals surface area (Å²) in [6.07, 6.45) is 3.50. The molecule has 1 amide bonds. The Morgan fingerprint density at radius 2 is 2.00 bits per heavy atom. The van der Waals surface area contributed by atoms with E-state index in [4.69, 9.17) is 11.6 Å². The molecule has 2 aromatic carbocycles. The summed E-state index contributed by atoms with van der Waals surface area (Å²) < 4.78 is 6.56. The Balaban J connectivity index is 1.63. The average molecular weight is 402 g/mol. The highest BCUT2D eigenvalue weighted by atomic mass is 35.5. The van der Waals surface area contributed by atoms with Crippen LogP contribution in [0.25, 0.3) is 5.69 Å². The minimum atomic E-state index is -0.453. The van der Waals surface area contributed by atoms with Crippen LogP contribution in [0.2, 0.25) is 5.02 Å². The Morgan fingerprint density at radius 3 is 2.74 bits per heavy atom. The summed E-state index contributed by atoms with van der Waals surface area (Å²) in [5, 5.41) is 4.11. The van der Waals surface area contributed by atoms with Gasteiger partial charge in [0.15, 0.2) is 5.16 Å². The minimum Gasteiger partial charge on any atom is -0.465 e. The molecule has 138 valence electrons. The summed E-state index contributed by atoms with van der Waals surface area (Å²) in [6, 6.07) is 14.0. The molecule has 1 aromatic heterocycles. The smallest absolute Gasteiger partial charge is 0.337 e. The van der Waals surface area contributed by atoms with Gasteiger partial charge in [-0.15, -0.1) is 0 Å². The maximum atomic E-state index is 12.2. The molecule has 6 nitrogen and oxygen atoms in total. The molecule has 1 N–H and O–H groups in total. The van der Waals surface area contributed by atoms with Gasteiger partial charge in [0.1, 0.15) is 0 Å². The number of hydrogen-bond acceptors (Lipinski definition) is 5. The van der Waals surface area contributed by atoms with Crippen LogP contribution in [0.4, 0.5) is 5.69 Å². The number of methoxy groups -OCH3 is 1. The van der Waals surface area contributed by atoms with Crippen molar-refractivity contribution >= 4 is 40.9 Å². The number of imidazole rings is 1. The Morgan fingerprint density at radius 1 is 1.22 bits per heavy atom. The molecule has 0 bridgehead atoms. The van der Waals surface area contributed by atoms with Crippen molar-refractivity contribution in [3.8, 4) is 5.69 Å². The topological polar surface area (TPSA) is 73.2 Å². The van der Waals surface area contributed by atoms with Crippen LogP contribution in [0.5, 0.6) is 0 Å². The number of esters is 1. The van der Waals surface area contributed by atoms with E-state index in [0.29, 0.717) is 21.4 Å². The predicted molar refractivity (Wildman–Crippen MR) is 106 cm³/mol. The van der Waals surface area contributed by atoms with Gasteiger partial charge in [0.25, 0.3) is 0 Å². The highest BCUT2D eigenvalue weighted by Crippen LogP contribution is 2.22. The van der Waals surface area contributed by atoms with Crippen LogP contribution in [0.1, 0.15) is 10.4 Å². The van der Waals surface area contributed by atoms with Crippen molar-refractivity contribution < 1.29 is 14.3 Å². The molecular formula is C19H16ClN3O3S. The molecular weight excluding hydrogens is 386 g/mol. The second-order valence-electron chi connectivity index (χ2n) is 5.47. The third-order valence-corrected chi connectivity index (χ3v) is 4.83. The first-order chi connectivity index (χ1) is 13.1. The predicted octanol–water partition coefficient (Wildman–Crippen LogP) is 4.04. The quantitative estimate of drug-likeness (QED) is 0.498. The lowest BCUT2D eigenvalue weighted by Crippen LogP contribution is -2.15. The summed E-state index contributed by atoms with van der Waals surface area (Å²) in [7, 11) is 1.31. The van der Waals surface area contributed by atoms with Gasteiger partial charge in [0.05, 0.1) is 18.4 Å². The summed E-state index contributed by atoms with van der Waals surface area (Å²) in [5.74, 6) is -0.481. The monoisotopic (exact) mass is 401 g/mol. The maximum absolute atomic E-state index is 12.2. The van der Waals surface area contributed by atoms with Gasteiger partial charge in [-0.3, -0.25) is 9.36 Å². The Hall–Kier alpha value is -2.77. The lowest BCUT2D eigenvalue weighted by molar-refractivity contribution is -0.113. The van der Waals surface area contributed by atoms with E-state index in [1.54, 1.807) is 42.6 Å². The number of rotatable bonds is 6. The van der Waals surface area contributed by atoms with Crippen molar-refractivity contribution in [3.63, 3.8) is 0 Å². The molecule has 3 aromatic rings. The summed E-state index contributed by atoms with van der Waals surface area (Å²) in [5.41, 5.74) is 1.82. The molecule has 0 fully saturated rings. The number of thioether (sulfide) groups is 1. The molecule has 0 spiro atoms. The van der Waals surface area contributed by atoms with Gasteiger partial charge in [0.2, 0.25) is 5.91 Å². The Kier molecular flexibility index (Phi) is 6.16. The van der Waals surface area contributed by atoms with Gasteiger partial charge < -0.3 is 10.1 Å². The van der Waals surface area contributed by atoms with E-state index in [9.17, 15) is 9.59 Å². The molecule has 0 aliphatic rings. The van der Waals surface area contributed by atoms with Gasteiger partial charge in [-0.2, -0.15) is 0 Å². The van der Waals surface area contributed by atoms with Crippen molar-refractivity contribution in [2.75, 3.05) is 18.2 Å². The van der Waals surface area contributed by atoms with Crippen molar-refractivity contribution in [1.82, 2.24) is 9.55 Å². The van der Waals surface area contributed by atoms with Crippen molar-refractivity contribution in [2.24, 2.45) is 0 Å². The van der Waals surface area contributed by atoms with Crippen molar-refractivity contribution in [2.45, 2.75) is 5.16 Å². The highest BCUT2D eigenvalue weighted by Gasteiger charge is 2.11. The number of aromatic nitrogens is 2. The zero-order chi connectivity index (χ0) is 19.2. The second-order valence-corrected chi connectivity index (χ2v) is 6.84. The van der Waals surface area contributed by atoms with Gasteiger partial charge >= 0.3 is 5.97 Å². The molecule has 3 rings (SSSR count). The Bertz CT molecular complexity index is 957. The third kappa shape index (κ3) is 4.90. The van der Waals surface area contributed by atoms with Gasteiger partial charge in [0, 0.05) is 28.8 Å². The first-order valence-corrected chi connectivity index (χ1v) is 9.33. The van der Waals surface area contributed by atoms with Crippen LogP contribution >= 0.6 is 23.4 Å². The largest absolute Gasteiger partial charge is 0.465 e. The summed E-state index contributed by atoms with van der Waals surface area (Å²) in [6.45, 7) is 0. The average Bonchev–Trinajstić information content (AvgIpc) is 3.15. The van der Waals surface area contributed by atoms with E-state index in [1.165, 1.54) is 18.9 Å². The number of hydrogen-bond donors (Lipinski definition) is 1. The number of benzene rings is 2. The molecule has 0 saturated carbocycles. The zero-order valence-electron chi connectivity index (χ0n) is 14.4. The van der Waals surface area contributed by atoms with E-state index in [0.717, 1.165) is 5.69 Å². The van der Waals surface area contributed by atoms with E-state index >= 15 is 0 Å². The fourth-order valence-corrected chi connectivity index (χ4v) is 3.26. The number of amides is 1. The van der Waals surface area contributed by atoms with Crippen LogP contribution in [0.3, 0.4) is 0 Å². The van der Waals surface area contributed by atoms with Gasteiger partial charge in [-0.1, -0.05) is 29.4 Å². The number of nitrogens with zero attached hydrogens (tertiary/aromatic N) is 2. The van der Waals surface area contributed by atoms with Crippen LogP contribution in [-0.4, -0.2) is 34.3 Å². The molecule has 0 radical (unpaired) electrons. The first-order valence-electron chi connectivity index (χ1n) is 7.97. The molecule has 27 heavy (non-hydrogen) atoms. The number of anilines is 1. The minimum absolute atomic E-state index is 0.174. The third-order valence-electron chi connectivity index (χ3n) is 3.61. The SMILES string of the molecule is COC(=O)c1cccc(NC(=O)CSc2nccn2-c2ccc(Cl)cc2)c1. The van der Waals surface area contributed by atoms with Crippen LogP contribution in [-0.2, 0) is 9.53 Å². The number of ether oxygens (including phenoxy) is 1. The fourth-order valence-electron chi connectivity index (χ4n) is 2.36. The van der Waals surface area contributed by atoms with Gasteiger partial charge in [-0.05, 0) is 42.5 Å².